The summed E-state index contributed by atoms with van der Waals surface area (Å²) in [6.07, 6.45) is 2.38. The Labute approximate surface area is 234 Å². The van der Waals surface area contributed by atoms with Crippen molar-refractivity contribution < 1.29 is 9.47 Å². The maximum Gasteiger partial charge on any atom is 0.282 e. The molecule has 0 unspecified atom stereocenters. The Kier molecular flexibility index (Phi) is 8.90. The average molecular weight is 603 g/mol. The summed E-state index contributed by atoms with van der Waals surface area (Å²) in [4.78, 5) is 18.1. The first kappa shape index (κ1) is 27.2. The van der Waals surface area contributed by atoms with Crippen molar-refractivity contribution in [3.63, 3.8) is 0 Å². The third-order valence-electron chi connectivity index (χ3n) is 5.87. The number of benzene rings is 3. The molecule has 0 saturated heterocycles. The molecule has 0 aliphatic carbocycles. The van der Waals surface area contributed by atoms with Crippen LogP contribution in [-0.4, -0.2) is 22.5 Å². The fourth-order valence-electron chi connectivity index (χ4n) is 3.73. The minimum atomic E-state index is -0.242. The molecule has 0 amide bonds. The molecule has 0 saturated carbocycles. The van der Waals surface area contributed by atoms with Crippen molar-refractivity contribution in [3.05, 3.63) is 96.4 Å². The maximum absolute atomic E-state index is 13.4. The predicted molar refractivity (Wildman–Crippen MR) is 154 cm³/mol. The van der Waals surface area contributed by atoms with E-state index in [-0.39, 0.29) is 18.1 Å². The number of ether oxygens (including phenoxy) is 2. The third kappa shape index (κ3) is 6.17. The van der Waals surface area contributed by atoms with Gasteiger partial charge in [-0.15, -0.1) is 0 Å². The molecule has 3 aromatic carbocycles. The third-order valence-corrected chi connectivity index (χ3v) is 7.01. The molecule has 0 aliphatic heterocycles. The molecule has 192 valence electrons. The number of fused-ring (bicyclic) bond motifs is 1. The van der Waals surface area contributed by atoms with Gasteiger partial charge in [-0.1, -0.05) is 71.2 Å². The lowest BCUT2D eigenvalue weighted by Crippen LogP contribution is -2.23. The first-order chi connectivity index (χ1) is 17.8. The monoisotopic (exact) mass is 601 g/mol. The fourth-order valence-corrected chi connectivity index (χ4v) is 4.56. The van der Waals surface area contributed by atoms with Crippen LogP contribution < -0.4 is 15.0 Å². The van der Waals surface area contributed by atoms with Crippen molar-refractivity contribution in [2.75, 3.05) is 6.61 Å². The summed E-state index contributed by atoms with van der Waals surface area (Å²) < 4.78 is 14.0. The van der Waals surface area contributed by atoms with Crippen LogP contribution in [0.15, 0.2) is 69.0 Å². The van der Waals surface area contributed by atoms with Gasteiger partial charge in [0.2, 0.25) is 0 Å². The highest BCUT2D eigenvalue weighted by Gasteiger charge is 2.17. The minimum absolute atomic E-state index is 0.0288. The molecular formula is C28H26BrCl2N3O3. The van der Waals surface area contributed by atoms with E-state index in [2.05, 4.69) is 21.0 Å². The molecule has 1 aromatic heterocycles. The molecule has 37 heavy (non-hydrogen) atoms. The molecule has 9 heteroatoms. The quantitative estimate of drug-likeness (QED) is 0.183. The van der Waals surface area contributed by atoms with Gasteiger partial charge >= 0.3 is 0 Å². The van der Waals surface area contributed by atoms with Crippen LogP contribution in [0.5, 0.6) is 11.5 Å². The Bertz CT molecular complexity index is 1520. The van der Waals surface area contributed by atoms with Gasteiger partial charge in [0.15, 0.2) is 11.5 Å². The van der Waals surface area contributed by atoms with Gasteiger partial charge in [0.1, 0.15) is 12.4 Å². The van der Waals surface area contributed by atoms with Gasteiger partial charge in [0.05, 0.1) is 28.7 Å². The van der Waals surface area contributed by atoms with Gasteiger partial charge in [-0.25, -0.2) is 4.98 Å². The van der Waals surface area contributed by atoms with E-state index in [4.69, 9.17) is 37.7 Å². The van der Waals surface area contributed by atoms with Crippen LogP contribution in [-0.2, 0) is 6.61 Å². The van der Waals surface area contributed by atoms with Crippen molar-refractivity contribution in [3.8, 4) is 11.5 Å². The molecule has 1 heterocycles. The zero-order valence-electron chi connectivity index (χ0n) is 20.7. The van der Waals surface area contributed by atoms with Crippen LogP contribution in [0, 0.1) is 0 Å². The van der Waals surface area contributed by atoms with Gasteiger partial charge in [0.25, 0.3) is 5.56 Å². The Hall–Kier alpha value is -2.87. The number of halogens is 3. The highest BCUT2D eigenvalue weighted by molar-refractivity contribution is 9.10. The molecule has 1 atom stereocenters. The summed E-state index contributed by atoms with van der Waals surface area (Å²) >= 11 is 16.3. The molecule has 0 bridgehead atoms. The van der Waals surface area contributed by atoms with Crippen LogP contribution in [0.4, 0.5) is 0 Å². The smallest absolute Gasteiger partial charge is 0.282 e. The number of nitrogens with zero attached hydrogens (tertiary/aromatic N) is 3. The lowest BCUT2D eigenvalue weighted by molar-refractivity contribution is 0.269. The summed E-state index contributed by atoms with van der Waals surface area (Å²) in [6.45, 7) is 6.60. The largest absolute Gasteiger partial charge is 0.490 e. The molecule has 0 radical (unpaired) electrons. The van der Waals surface area contributed by atoms with E-state index >= 15 is 0 Å². The van der Waals surface area contributed by atoms with E-state index in [0.29, 0.717) is 50.4 Å². The summed E-state index contributed by atoms with van der Waals surface area (Å²) in [7, 11) is 0. The zero-order chi connectivity index (χ0) is 26.5. The summed E-state index contributed by atoms with van der Waals surface area (Å²) in [5.41, 5.74) is 1.88. The molecule has 4 aromatic rings. The predicted octanol–water partition coefficient (Wildman–Crippen LogP) is 7.84. The second-order valence-corrected chi connectivity index (χ2v) is 10.2. The first-order valence-corrected chi connectivity index (χ1v) is 13.5. The SMILES string of the molecule is CCOc1cc(C=Nn2c([C@@H](C)CC)nc3ccc(Br)cc3c2=O)cc(Cl)c1OCc1ccccc1Cl. The normalized spacial score (nSPS) is 12.3. The number of rotatable bonds is 9. The number of hydrogen-bond donors (Lipinski definition) is 0. The summed E-state index contributed by atoms with van der Waals surface area (Å²) in [6, 6.07) is 16.4. The van der Waals surface area contributed by atoms with E-state index in [1.807, 2.05) is 51.1 Å². The lowest BCUT2D eigenvalue weighted by Gasteiger charge is -2.15. The second kappa shape index (κ2) is 12.1. The highest BCUT2D eigenvalue weighted by Crippen LogP contribution is 2.37. The molecule has 0 fully saturated rings. The van der Waals surface area contributed by atoms with Crippen LogP contribution >= 0.6 is 39.1 Å². The Morgan fingerprint density at radius 1 is 1.08 bits per heavy atom. The van der Waals surface area contributed by atoms with Crippen LogP contribution in [0.3, 0.4) is 0 Å². The first-order valence-electron chi connectivity index (χ1n) is 11.9. The van der Waals surface area contributed by atoms with E-state index in [9.17, 15) is 4.79 Å². The van der Waals surface area contributed by atoms with Crippen molar-refractivity contribution in [1.29, 1.82) is 0 Å². The maximum atomic E-state index is 13.4. The molecule has 0 aliphatic rings. The van der Waals surface area contributed by atoms with E-state index in [1.165, 1.54) is 4.68 Å². The summed E-state index contributed by atoms with van der Waals surface area (Å²) in [5.74, 6) is 1.50. The molecular weight excluding hydrogens is 577 g/mol. The van der Waals surface area contributed by atoms with Gasteiger partial charge in [-0.05, 0) is 55.3 Å². The molecule has 4 rings (SSSR count). The Balaban J connectivity index is 1.72. The topological polar surface area (TPSA) is 65.7 Å². The molecule has 6 nitrogen and oxygen atoms in total. The van der Waals surface area contributed by atoms with Gasteiger partial charge in [-0.3, -0.25) is 4.79 Å². The van der Waals surface area contributed by atoms with Gasteiger partial charge in [-0.2, -0.15) is 9.78 Å². The zero-order valence-corrected chi connectivity index (χ0v) is 23.8. The van der Waals surface area contributed by atoms with Crippen LogP contribution in [0.2, 0.25) is 10.0 Å². The van der Waals surface area contributed by atoms with E-state index < -0.39 is 0 Å². The molecule has 0 spiro atoms. The van der Waals surface area contributed by atoms with Gasteiger partial charge in [0, 0.05) is 21.0 Å². The number of aromatic nitrogens is 2. The van der Waals surface area contributed by atoms with Crippen LogP contribution in [0.1, 0.15) is 50.1 Å². The standard InChI is InChI=1S/C28H26BrCl2N3O3/c1-4-17(3)27-33-24-11-10-20(29)14-21(24)28(35)34(27)32-15-18-12-23(31)26(25(13-18)36-5-2)37-16-19-8-6-7-9-22(19)30/h6-15,17H,4-5,16H2,1-3H3/t17-/m0/s1. The average Bonchev–Trinajstić information content (AvgIpc) is 2.88. The van der Waals surface area contributed by atoms with E-state index in [0.717, 1.165) is 16.5 Å². The summed E-state index contributed by atoms with van der Waals surface area (Å²) in [5, 5.41) is 5.98. The fraction of sp³-hybridized carbons (Fsp3) is 0.250. The van der Waals surface area contributed by atoms with Crippen molar-refractivity contribution in [2.45, 2.75) is 39.7 Å². The molecule has 0 N–H and O–H groups in total. The Morgan fingerprint density at radius 3 is 2.59 bits per heavy atom. The lowest BCUT2D eigenvalue weighted by atomic mass is 10.1. The highest BCUT2D eigenvalue weighted by atomic mass is 79.9. The van der Waals surface area contributed by atoms with E-state index in [1.54, 1.807) is 30.5 Å². The van der Waals surface area contributed by atoms with Crippen molar-refractivity contribution in [1.82, 2.24) is 9.66 Å². The minimum Gasteiger partial charge on any atom is -0.490 e. The van der Waals surface area contributed by atoms with Crippen molar-refractivity contribution in [2.24, 2.45) is 5.10 Å². The Morgan fingerprint density at radius 2 is 1.86 bits per heavy atom. The van der Waals surface area contributed by atoms with Crippen LogP contribution in [0.25, 0.3) is 10.9 Å². The second-order valence-electron chi connectivity index (χ2n) is 8.45. The van der Waals surface area contributed by atoms with Crippen molar-refractivity contribution >= 4 is 56.2 Å². The number of hydrogen-bond acceptors (Lipinski definition) is 5. The van der Waals surface area contributed by atoms with Gasteiger partial charge < -0.3 is 9.47 Å².